The zero-order valence-electron chi connectivity index (χ0n) is 12.5. The van der Waals surface area contributed by atoms with E-state index in [4.69, 9.17) is 0 Å². The normalized spacial score (nSPS) is 25.9. The molecule has 0 spiro atoms. The molecule has 0 bridgehead atoms. The standard InChI is InChI=1S/C19H18FNO/c1-12-10-14-4-2-3-5-18(14)21(12)19(22)17-11-16(17)13-6-8-15(20)9-7-13/h2-9,12,16-17H,10-11H2,1H3. The Bertz CT molecular complexity index is 724. The predicted octanol–water partition coefficient (Wildman–Crippen LogP) is 3.91. The summed E-state index contributed by atoms with van der Waals surface area (Å²) in [6.07, 6.45) is 1.80. The van der Waals surface area contributed by atoms with E-state index in [2.05, 4.69) is 13.0 Å². The molecule has 112 valence electrons. The van der Waals surface area contributed by atoms with Gasteiger partial charge in [-0.3, -0.25) is 4.79 Å². The Balaban J connectivity index is 1.55. The number of fused-ring (bicyclic) bond motifs is 1. The second kappa shape index (κ2) is 4.94. The molecule has 3 atom stereocenters. The molecule has 1 saturated carbocycles. The van der Waals surface area contributed by atoms with Crippen molar-refractivity contribution in [2.24, 2.45) is 5.92 Å². The molecule has 2 aromatic rings. The summed E-state index contributed by atoms with van der Waals surface area (Å²) in [4.78, 5) is 14.8. The van der Waals surface area contributed by atoms with Crippen LogP contribution in [0.5, 0.6) is 0 Å². The number of anilines is 1. The lowest BCUT2D eigenvalue weighted by molar-refractivity contribution is -0.120. The van der Waals surface area contributed by atoms with Gasteiger partial charge in [-0.15, -0.1) is 0 Å². The number of hydrogen-bond acceptors (Lipinski definition) is 1. The van der Waals surface area contributed by atoms with Crippen LogP contribution >= 0.6 is 0 Å². The molecule has 1 heterocycles. The van der Waals surface area contributed by atoms with Crippen molar-refractivity contribution in [1.29, 1.82) is 0 Å². The van der Waals surface area contributed by atoms with Crippen LogP contribution in [0.2, 0.25) is 0 Å². The van der Waals surface area contributed by atoms with Crippen LogP contribution in [0.25, 0.3) is 0 Å². The zero-order valence-corrected chi connectivity index (χ0v) is 12.5. The molecule has 0 aromatic heterocycles. The van der Waals surface area contributed by atoms with Gasteiger partial charge in [0.1, 0.15) is 5.82 Å². The number of amides is 1. The lowest BCUT2D eigenvalue weighted by atomic mass is 10.1. The Kier molecular flexibility index (Phi) is 3.03. The van der Waals surface area contributed by atoms with Crippen molar-refractivity contribution in [1.82, 2.24) is 0 Å². The van der Waals surface area contributed by atoms with Crippen molar-refractivity contribution in [2.75, 3.05) is 4.90 Å². The highest BCUT2D eigenvalue weighted by atomic mass is 19.1. The number of halogens is 1. The van der Waals surface area contributed by atoms with E-state index in [0.29, 0.717) is 0 Å². The van der Waals surface area contributed by atoms with Gasteiger partial charge in [-0.05, 0) is 55.0 Å². The van der Waals surface area contributed by atoms with Crippen LogP contribution in [0.3, 0.4) is 0 Å². The number of rotatable bonds is 2. The van der Waals surface area contributed by atoms with E-state index in [1.807, 2.05) is 23.1 Å². The van der Waals surface area contributed by atoms with E-state index >= 15 is 0 Å². The average molecular weight is 295 g/mol. The topological polar surface area (TPSA) is 20.3 Å². The molecule has 4 rings (SSSR count). The highest BCUT2D eigenvalue weighted by Crippen LogP contribution is 2.50. The SMILES string of the molecule is CC1Cc2ccccc2N1C(=O)C1CC1c1ccc(F)cc1. The maximum absolute atomic E-state index is 13.0. The first-order chi connectivity index (χ1) is 10.6. The highest BCUT2D eigenvalue weighted by Gasteiger charge is 2.48. The number of carbonyl (C=O) groups excluding carboxylic acids is 1. The maximum atomic E-state index is 13.0. The summed E-state index contributed by atoms with van der Waals surface area (Å²) in [5.74, 6) is 0.272. The molecule has 2 aromatic carbocycles. The Morgan fingerprint density at radius 3 is 2.64 bits per heavy atom. The van der Waals surface area contributed by atoms with Gasteiger partial charge in [0.15, 0.2) is 0 Å². The minimum atomic E-state index is -0.227. The van der Waals surface area contributed by atoms with E-state index in [9.17, 15) is 9.18 Å². The van der Waals surface area contributed by atoms with Crippen LogP contribution in [0, 0.1) is 11.7 Å². The largest absolute Gasteiger partial charge is 0.309 e. The molecule has 0 saturated heterocycles. The van der Waals surface area contributed by atoms with Gasteiger partial charge in [-0.2, -0.15) is 0 Å². The molecule has 1 amide bonds. The fourth-order valence-corrected chi connectivity index (χ4v) is 3.63. The second-order valence-electron chi connectivity index (χ2n) is 6.39. The van der Waals surface area contributed by atoms with Crippen LogP contribution < -0.4 is 4.90 Å². The molecule has 2 nitrogen and oxygen atoms in total. The van der Waals surface area contributed by atoms with Gasteiger partial charge in [-0.1, -0.05) is 30.3 Å². The summed E-state index contributed by atoms with van der Waals surface area (Å²) in [5.41, 5.74) is 3.38. The Morgan fingerprint density at radius 2 is 1.86 bits per heavy atom. The van der Waals surface area contributed by atoms with Crippen molar-refractivity contribution < 1.29 is 9.18 Å². The molecular formula is C19H18FNO. The second-order valence-corrected chi connectivity index (χ2v) is 6.39. The predicted molar refractivity (Wildman–Crippen MR) is 84.3 cm³/mol. The average Bonchev–Trinajstić information content (AvgIpc) is 3.23. The van der Waals surface area contributed by atoms with E-state index in [-0.39, 0.29) is 29.6 Å². The molecule has 3 unspecified atom stereocenters. The lowest BCUT2D eigenvalue weighted by Gasteiger charge is -2.23. The van der Waals surface area contributed by atoms with Crippen LogP contribution in [0.15, 0.2) is 48.5 Å². The summed E-state index contributed by atoms with van der Waals surface area (Å²) in [7, 11) is 0. The number of hydrogen-bond donors (Lipinski definition) is 0. The van der Waals surface area contributed by atoms with E-state index < -0.39 is 0 Å². The summed E-state index contributed by atoms with van der Waals surface area (Å²) in [6.45, 7) is 2.10. The van der Waals surface area contributed by atoms with Gasteiger partial charge in [-0.25, -0.2) is 4.39 Å². The molecule has 1 aliphatic carbocycles. The van der Waals surface area contributed by atoms with Gasteiger partial charge >= 0.3 is 0 Å². The maximum Gasteiger partial charge on any atom is 0.231 e. The minimum Gasteiger partial charge on any atom is -0.309 e. The summed E-state index contributed by atoms with van der Waals surface area (Å²) in [6, 6.07) is 14.9. The van der Waals surface area contributed by atoms with Crippen LogP contribution in [0.4, 0.5) is 10.1 Å². The molecule has 22 heavy (non-hydrogen) atoms. The molecule has 0 N–H and O–H groups in total. The van der Waals surface area contributed by atoms with Crippen molar-refractivity contribution in [3.8, 4) is 0 Å². The van der Waals surface area contributed by atoms with Crippen molar-refractivity contribution in [3.05, 3.63) is 65.5 Å². The summed E-state index contributed by atoms with van der Waals surface area (Å²) < 4.78 is 13.0. The molecular weight excluding hydrogens is 277 g/mol. The van der Waals surface area contributed by atoms with Gasteiger partial charge < -0.3 is 4.90 Å². The van der Waals surface area contributed by atoms with E-state index in [1.54, 1.807) is 12.1 Å². The Labute approximate surface area is 129 Å². The quantitative estimate of drug-likeness (QED) is 0.822. The first-order valence-electron chi connectivity index (χ1n) is 7.81. The highest BCUT2D eigenvalue weighted by molar-refractivity contribution is 5.99. The number of benzene rings is 2. The Hall–Kier alpha value is -2.16. The molecule has 1 fully saturated rings. The Morgan fingerprint density at radius 1 is 1.14 bits per heavy atom. The molecule has 3 heteroatoms. The third kappa shape index (κ3) is 2.12. The smallest absolute Gasteiger partial charge is 0.231 e. The monoisotopic (exact) mass is 295 g/mol. The first kappa shape index (κ1) is 13.5. The first-order valence-corrected chi connectivity index (χ1v) is 7.81. The van der Waals surface area contributed by atoms with Gasteiger partial charge in [0.25, 0.3) is 0 Å². The van der Waals surface area contributed by atoms with Gasteiger partial charge in [0, 0.05) is 17.6 Å². The fraction of sp³-hybridized carbons (Fsp3) is 0.316. The van der Waals surface area contributed by atoms with Gasteiger partial charge in [0.2, 0.25) is 5.91 Å². The van der Waals surface area contributed by atoms with E-state index in [0.717, 1.165) is 24.1 Å². The summed E-state index contributed by atoms with van der Waals surface area (Å²) >= 11 is 0. The fourth-order valence-electron chi connectivity index (χ4n) is 3.63. The molecule has 1 aliphatic heterocycles. The van der Waals surface area contributed by atoms with Gasteiger partial charge in [0.05, 0.1) is 0 Å². The lowest BCUT2D eigenvalue weighted by Crippen LogP contribution is -2.37. The third-order valence-electron chi connectivity index (χ3n) is 4.85. The molecule has 0 radical (unpaired) electrons. The zero-order chi connectivity index (χ0) is 15.3. The molecule has 2 aliphatic rings. The number of para-hydroxylation sites is 1. The number of carbonyl (C=O) groups is 1. The number of nitrogens with zero attached hydrogens (tertiary/aromatic N) is 1. The third-order valence-corrected chi connectivity index (χ3v) is 4.85. The van der Waals surface area contributed by atoms with E-state index in [1.165, 1.54) is 17.7 Å². The van der Waals surface area contributed by atoms with Crippen LogP contribution in [0.1, 0.15) is 30.4 Å². The van der Waals surface area contributed by atoms with Crippen LogP contribution in [-0.2, 0) is 11.2 Å². The van der Waals surface area contributed by atoms with Crippen molar-refractivity contribution >= 4 is 11.6 Å². The summed E-state index contributed by atoms with van der Waals surface area (Å²) in [5, 5.41) is 0. The van der Waals surface area contributed by atoms with Crippen LogP contribution in [-0.4, -0.2) is 11.9 Å². The van der Waals surface area contributed by atoms with Crippen molar-refractivity contribution in [2.45, 2.75) is 31.7 Å². The van der Waals surface area contributed by atoms with Crippen molar-refractivity contribution in [3.63, 3.8) is 0 Å². The minimum absolute atomic E-state index is 0.0408.